The molecule has 3 fully saturated rings. The van der Waals surface area contributed by atoms with E-state index >= 15 is 0 Å². The summed E-state index contributed by atoms with van der Waals surface area (Å²) in [6.07, 6.45) is 1.71. The first-order valence-electron chi connectivity index (χ1n) is 12.2. The molecule has 1 aromatic heterocycles. The predicted molar refractivity (Wildman–Crippen MR) is 118 cm³/mol. The van der Waals surface area contributed by atoms with Gasteiger partial charge in [-0.05, 0) is 46.5 Å². The van der Waals surface area contributed by atoms with Crippen molar-refractivity contribution in [3.63, 3.8) is 0 Å². The fourth-order valence-corrected chi connectivity index (χ4v) is 4.50. The Hall–Kier alpha value is -2.79. The Balaban J connectivity index is 1.45. The number of hydrogen-bond acceptors (Lipinski definition) is 7. The van der Waals surface area contributed by atoms with Crippen molar-refractivity contribution in [2.75, 3.05) is 19.6 Å². The largest absolute Gasteiger partial charge is 0.444 e. The highest BCUT2D eigenvalue weighted by Crippen LogP contribution is 2.40. The van der Waals surface area contributed by atoms with E-state index < -0.39 is 42.5 Å². The second kappa shape index (κ2) is 9.69. The Kier molecular flexibility index (Phi) is 7.01. The molecule has 35 heavy (non-hydrogen) atoms. The molecule has 0 unspecified atom stereocenters. The van der Waals surface area contributed by atoms with Crippen LogP contribution in [0, 0.1) is 0 Å². The van der Waals surface area contributed by atoms with Crippen LogP contribution in [0.3, 0.4) is 0 Å². The first kappa shape index (κ1) is 25.3. The van der Waals surface area contributed by atoms with Gasteiger partial charge in [-0.25, -0.2) is 13.6 Å². The third-order valence-corrected chi connectivity index (χ3v) is 6.32. The minimum atomic E-state index is -3.01. The molecule has 1 saturated carbocycles. The van der Waals surface area contributed by atoms with Crippen LogP contribution in [0.5, 0.6) is 0 Å². The number of aromatic nitrogens is 2. The monoisotopic (exact) mass is 497 g/mol. The number of amides is 3. The van der Waals surface area contributed by atoms with Crippen LogP contribution in [0.15, 0.2) is 4.52 Å². The summed E-state index contributed by atoms with van der Waals surface area (Å²) in [5.41, 5.74) is -0.787. The van der Waals surface area contributed by atoms with E-state index in [-0.39, 0.29) is 31.3 Å². The van der Waals surface area contributed by atoms with Gasteiger partial charge in [0, 0.05) is 38.3 Å². The zero-order valence-corrected chi connectivity index (χ0v) is 20.4. The highest BCUT2D eigenvalue weighted by Gasteiger charge is 2.41. The van der Waals surface area contributed by atoms with Crippen LogP contribution >= 0.6 is 0 Å². The van der Waals surface area contributed by atoms with Gasteiger partial charge in [-0.3, -0.25) is 9.59 Å². The summed E-state index contributed by atoms with van der Waals surface area (Å²) in [4.78, 5) is 45.2. The highest BCUT2D eigenvalue weighted by molar-refractivity contribution is 5.80. The third-order valence-electron chi connectivity index (χ3n) is 6.32. The summed E-state index contributed by atoms with van der Waals surface area (Å²) in [6, 6.07) is -1.24. The maximum atomic E-state index is 14.0. The Morgan fingerprint density at radius 1 is 1.29 bits per heavy atom. The zero-order chi connectivity index (χ0) is 25.4. The molecule has 0 bridgehead atoms. The van der Waals surface area contributed by atoms with Gasteiger partial charge in [-0.15, -0.1) is 0 Å². The molecule has 2 aliphatic heterocycles. The molecule has 194 valence electrons. The molecular weight excluding hydrogens is 464 g/mol. The third kappa shape index (κ3) is 6.66. The van der Waals surface area contributed by atoms with Gasteiger partial charge in [0.2, 0.25) is 17.7 Å². The summed E-state index contributed by atoms with van der Waals surface area (Å²) in [7, 11) is 0. The lowest BCUT2D eigenvalue weighted by Gasteiger charge is -2.35. The van der Waals surface area contributed by atoms with Crippen molar-refractivity contribution in [2.45, 2.75) is 95.2 Å². The standard InChI is InChI=1S/C23H33F2N5O5/c1-22(2,3)34-21(33)26-15(12-29-13-23(24,25)9-8-17(29)31)11-18(32)30-10-4-5-16(30)19-27-20(35-28-19)14-6-7-14/h14-16H,4-13H2,1-3H3,(H,26,33)/t15-,16-/m0/s1. The Bertz CT molecular complexity index is 958. The Morgan fingerprint density at radius 3 is 2.71 bits per heavy atom. The average molecular weight is 498 g/mol. The van der Waals surface area contributed by atoms with Crippen molar-refractivity contribution in [1.29, 1.82) is 0 Å². The lowest BCUT2D eigenvalue weighted by Crippen LogP contribution is -2.53. The maximum absolute atomic E-state index is 14.0. The number of alkyl carbamates (subject to hydrolysis) is 1. The minimum absolute atomic E-state index is 0.182. The normalized spacial score (nSPS) is 23.3. The van der Waals surface area contributed by atoms with Crippen LogP contribution in [0.2, 0.25) is 0 Å². The van der Waals surface area contributed by atoms with Crippen LogP contribution in [0.4, 0.5) is 13.6 Å². The molecule has 0 aromatic carbocycles. The van der Waals surface area contributed by atoms with Gasteiger partial charge in [0.25, 0.3) is 5.92 Å². The molecule has 10 nitrogen and oxygen atoms in total. The van der Waals surface area contributed by atoms with Gasteiger partial charge >= 0.3 is 6.09 Å². The number of likely N-dealkylation sites (tertiary alicyclic amines) is 2. The van der Waals surface area contributed by atoms with Crippen molar-refractivity contribution in [3.8, 4) is 0 Å². The van der Waals surface area contributed by atoms with Gasteiger partial charge in [-0.2, -0.15) is 4.98 Å². The van der Waals surface area contributed by atoms with Gasteiger partial charge in [0.1, 0.15) is 5.60 Å². The SMILES string of the molecule is CC(C)(C)OC(=O)N[C@@H](CC(=O)N1CCC[C@H]1c1noc(C2CC2)n1)CN1CC(F)(F)CCC1=O. The number of carbonyl (C=O) groups is 3. The van der Waals surface area contributed by atoms with E-state index in [0.29, 0.717) is 30.6 Å². The fourth-order valence-electron chi connectivity index (χ4n) is 4.50. The number of nitrogens with zero attached hydrogens (tertiary/aromatic N) is 4. The van der Waals surface area contributed by atoms with Crippen molar-refractivity contribution < 1.29 is 32.4 Å². The van der Waals surface area contributed by atoms with Gasteiger partial charge in [-0.1, -0.05) is 5.16 Å². The molecule has 3 heterocycles. The first-order chi connectivity index (χ1) is 16.4. The Labute approximate surface area is 202 Å². The van der Waals surface area contributed by atoms with Gasteiger partial charge in [0.05, 0.1) is 18.6 Å². The molecule has 2 atom stereocenters. The number of piperidine rings is 1. The number of hydrogen-bond donors (Lipinski definition) is 1. The van der Waals surface area contributed by atoms with Gasteiger partial charge < -0.3 is 24.4 Å². The summed E-state index contributed by atoms with van der Waals surface area (Å²) < 4.78 is 38.6. The average Bonchev–Trinajstić information content (AvgIpc) is 3.26. The topological polar surface area (TPSA) is 118 Å². The van der Waals surface area contributed by atoms with Crippen LogP contribution in [0.1, 0.15) is 89.4 Å². The van der Waals surface area contributed by atoms with E-state index in [2.05, 4.69) is 15.5 Å². The number of carbonyl (C=O) groups excluding carboxylic acids is 3. The van der Waals surface area contributed by atoms with E-state index in [0.717, 1.165) is 24.2 Å². The zero-order valence-electron chi connectivity index (χ0n) is 20.4. The van der Waals surface area contributed by atoms with Crippen LogP contribution < -0.4 is 5.32 Å². The van der Waals surface area contributed by atoms with Crippen LogP contribution in [-0.4, -0.2) is 75.0 Å². The molecule has 2 saturated heterocycles. The molecule has 1 N–H and O–H groups in total. The fraction of sp³-hybridized carbons (Fsp3) is 0.783. The van der Waals surface area contributed by atoms with E-state index in [1.807, 2.05) is 0 Å². The molecule has 12 heteroatoms. The summed E-state index contributed by atoms with van der Waals surface area (Å²) >= 11 is 0. The van der Waals surface area contributed by atoms with Crippen molar-refractivity contribution in [1.82, 2.24) is 25.3 Å². The maximum Gasteiger partial charge on any atom is 0.407 e. The van der Waals surface area contributed by atoms with Crippen molar-refractivity contribution in [3.05, 3.63) is 11.7 Å². The van der Waals surface area contributed by atoms with Crippen LogP contribution in [-0.2, 0) is 14.3 Å². The quantitative estimate of drug-likeness (QED) is 0.615. The Morgan fingerprint density at radius 2 is 2.03 bits per heavy atom. The van der Waals surface area contributed by atoms with Crippen molar-refractivity contribution in [2.24, 2.45) is 0 Å². The lowest BCUT2D eigenvalue weighted by atomic mass is 10.0. The van der Waals surface area contributed by atoms with Gasteiger partial charge in [0.15, 0.2) is 5.82 Å². The van der Waals surface area contributed by atoms with Crippen molar-refractivity contribution >= 4 is 17.9 Å². The number of ether oxygens (including phenoxy) is 1. The summed E-state index contributed by atoms with van der Waals surface area (Å²) in [5.74, 6) is -2.38. The van der Waals surface area contributed by atoms with E-state index in [1.165, 1.54) is 0 Å². The second-order valence-corrected chi connectivity index (χ2v) is 10.7. The number of alkyl halides is 2. The molecular formula is C23H33F2N5O5. The molecule has 0 radical (unpaired) electrons. The summed E-state index contributed by atoms with van der Waals surface area (Å²) in [6.45, 7) is 4.60. The molecule has 3 amide bonds. The molecule has 3 aliphatic rings. The van der Waals surface area contributed by atoms with Crippen LogP contribution in [0.25, 0.3) is 0 Å². The van der Waals surface area contributed by atoms with E-state index in [1.54, 1.807) is 25.7 Å². The molecule has 4 rings (SSSR count). The number of halogens is 2. The molecule has 1 aliphatic carbocycles. The van der Waals surface area contributed by atoms with E-state index in [9.17, 15) is 23.2 Å². The molecule has 0 spiro atoms. The number of rotatable bonds is 7. The summed E-state index contributed by atoms with van der Waals surface area (Å²) in [5, 5.41) is 6.68. The minimum Gasteiger partial charge on any atom is -0.444 e. The predicted octanol–water partition coefficient (Wildman–Crippen LogP) is 3.15. The first-order valence-corrected chi connectivity index (χ1v) is 12.2. The second-order valence-electron chi connectivity index (χ2n) is 10.7. The lowest BCUT2D eigenvalue weighted by molar-refractivity contribution is -0.148. The molecule has 1 aromatic rings. The number of nitrogens with one attached hydrogen (secondary N) is 1. The van der Waals surface area contributed by atoms with E-state index in [4.69, 9.17) is 9.26 Å². The smallest absolute Gasteiger partial charge is 0.407 e. The highest BCUT2D eigenvalue weighted by atomic mass is 19.3.